The predicted molar refractivity (Wildman–Crippen MR) is 113 cm³/mol. The van der Waals surface area contributed by atoms with Crippen molar-refractivity contribution >= 4 is 27.6 Å². The van der Waals surface area contributed by atoms with Gasteiger partial charge in [0.25, 0.3) is 10.0 Å². The van der Waals surface area contributed by atoms with Crippen LogP contribution in [0, 0.1) is 0 Å². The number of anilines is 1. The van der Waals surface area contributed by atoms with Crippen LogP contribution in [0.1, 0.15) is 52.8 Å². The summed E-state index contributed by atoms with van der Waals surface area (Å²) in [6.45, 7) is 12.0. The SMILES string of the molecule is CC(C)(C)c1cc(NC(=O)CN=C2NS(=O)(=O)c3ccccc32)n(C(C)(C)C)n1. The van der Waals surface area contributed by atoms with Gasteiger partial charge in [0, 0.05) is 17.0 Å². The van der Waals surface area contributed by atoms with Crippen molar-refractivity contribution in [2.75, 3.05) is 11.9 Å². The molecule has 1 aliphatic heterocycles. The molecule has 1 amide bonds. The summed E-state index contributed by atoms with van der Waals surface area (Å²) < 4.78 is 28.5. The molecular formula is C20H27N5O3S. The monoisotopic (exact) mass is 417 g/mol. The Labute approximate surface area is 171 Å². The number of hydrogen-bond donors (Lipinski definition) is 2. The molecule has 1 aliphatic rings. The summed E-state index contributed by atoms with van der Waals surface area (Å²) in [5, 5.41) is 7.52. The molecule has 0 unspecified atom stereocenters. The molecule has 0 spiro atoms. The molecule has 29 heavy (non-hydrogen) atoms. The van der Waals surface area contributed by atoms with E-state index < -0.39 is 10.0 Å². The van der Waals surface area contributed by atoms with E-state index >= 15 is 0 Å². The summed E-state index contributed by atoms with van der Waals surface area (Å²) in [7, 11) is -3.63. The van der Waals surface area contributed by atoms with E-state index in [2.05, 4.69) is 40.9 Å². The van der Waals surface area contributed by atoms with E-state index in [1.165, 1.54) is 6.07 Å². The number of amidine groups is 1. The number of benzene rings is 1. The average molecular weight is 418 g/mol. The lowest BCUT2D eigenvalue weighted by Gasteiger charge is -2.22. The maximum atomic E-state index is 12.5. The molecule has 0 aliphatic carbocycles. The van der Waals surface area contributed by atoms with Crippen molar-refractivity contribution < 1.29 is 13.2 Å². The Bertz CT molecular complexity index is 1090. The largest absolute Gasteiger partial charge is 0.309 e. The fraction of sp³-hybridized carbons (Fsp3) is 0.450. The topological polar surface area (TPSA) is 105 Å². The summed E-state index contributed by atoms with van der Waals surface area (Å²) in [4.78, 5) is 16.9. The number of amides is 1. The first-order valence-electron chi connectivity index (χ1n) is 9.36. The minimum absolute atomic E-state index is 0.165. The van der Waals surface area contributed by atoms with Crippen LogP contribution in [0.2, 0.25) is 0 Å². The number of aromatic nitrogens is 2. The van der Waals surface area contributed by atoms with Crippen LogP contribution in [0.15, 0.2) is 40.2 Å². The number of carbonyl (C=O) groups excluding carboxylic acids is 1. The third-order valence-corrected chi connectivity index (χ3v) is 5.82. The van der Waals surface area contributed by atoms with Gasteiger partial charge in [-0.15, -0.1) is 0 Å². The van der Waals surface area contributed by atoms with E-state index in [0.29, 0.717) is 11.4 Å². The number of hydrogen-bond acceptors (Lipinski definition) is 5. The molecule has 0 bridgehead atoms. The summed E-state index contributed by atoms with van der Waals surface area (Å²) in [5.74, 6) is 0.405. The highest BCUT2D eigenvalue weighted by atomic mass is 32.2. The zero-order valence-electron chi connectivity index (χ0n) is 17.6. The fourth-order valence-electron chi connectivity index (χ4n) is 2.93. The van der Waals surface area contributed by atoms with Gasteiger partial charge in [0.2, 0.25) is 5.91 Å². The maximum absolute atomic E-state index is 12.5. The highest BCUT2D eigenvalue weighted by molar-refractivity contribution is 7.90. The second kappa shape index (κ2) is 6.98. The van der Waals surface area contributed by atoms with Gasteiger partial charge in [-0.2, -0.15) is 5.10 Å². The summed E-state index contributed by atoms with van der Waals surface area (Å²) in [5.41, 5.74) is 0.849. The van der Waals surface area contributed by atoms with E-state index in [1.807, 2.05) is 26.8 Å². The molecule has 1 aromatic carbocycles. The Hall–Kier alpha value is -2.68. The zero-order valence-corrected chi connectivity index (χ0v) is 18.4. The normalized spacial score (nSPS) is 17.1. The van der Waals surface area contributed by atoms with Crippen LogP contribution in [0.25, 0.3) is 0 Å². The van der Waals surface area contributed by atoms with E-state index in [4.69, 9.17) is 0 Å². The molecule has 9 heteroatoms. The van der Waals surface area contributed by atoms with Gasteiger partial charge in [-0.3, -0.25) is 14.5 Å². The Morgan fingerprint density at radius 1 is 1.17 bits per heavy atom. The van der Waals surface area contributed by atoms with Crippen molar-refractivity contribution in [2.24, 2.45) is 4.99 Å². The molecule has 3 rings (SSSR count). The lowest BCUT2D eigenvalue weighted by Crippen LogP contribution is -2.28. The summed E-state index contributed by atoms with van der Waals surface area (Å²) in [6.07, 6.45) is 0. The maximum Gasteiger partial charge on any atom is 0.263 e. The highest BCUT2D eigenvalue weighted by Gasteiger charge is 2.30. The Morgan fingerprint density at radius 3 is 2.45 bits per heavy atom. The number of aliphatic imine (C=N–C) groups is 1. The fourth-order valence-corrected chi connectivity index (χ4v) is 4.18. The molecule has 2 heterocycles. The average Bonchev–Trinajstić information content (AvgIpc) is 3.13. The van der Waals surface area contributed by atoms with Gasteiger partial charge in [-0.05, 0) is 32.9 Å². The van der Waals surface area contributed by atoms with Crippen molar-refractivity contribution in [3.05, 3.63) is 41.6 Å². The van der Waals surface area contributed by atoms with Gasteiger partial charge >= 0.3 is 0 Å². The third kappa shape index (κ3) is 4.34. The van der Waals surface area contributed by atoms with Crippen LogP contribution < -0.4 is 10.0 Å². The molecule has 0 fully saturated rings. The first kappa shape index (κ1) is 21.0. The molecule has 0 radical (unpaired) electrons. The van der Waals surface area contributed by atoms with E-state index in [1.54, 1.807) is 22.9 Å². The van der Waals surface area contributed by atoms with Crippen molar-refractivity contribution in [1.82, 2.24) is 14.5 Å². The second-order valence-electron chi connectivity index (χ2n) is 9.06. The van der Waals surface area contributed by atoms with Crippen LogP contribution >= 0.6 is 0 Å². The minimum atomic E-state index is -3.63. The molecule has 156 valence electrons. The molecule has 8 nitrogen and oxygen atoms in total. The van der Waals surface area contributed by atoms with Gasteiger partial charge in [0.05, 0.1) is 16.1 Å². The number of fused-ring (bicyclic) bond motifs is 1. The molecule has 0 saturated heterocycles. The van der Waals surface area contributed by atoms with Crippen LogP contribution in [0.5, 0.6) is 0 Å². The highest BCUT2D eigenvalue weighted by Crippen LogP contribution is 2.28. The lowest BCUT2D eigenvalue weighted by atomic mass is 9.92. The number of nitrogens with one attached hydrogen (secondary N) is 2. The number of carbonyl (C=O) groups is 1. The van der Waals surface area contributed by atoms with Gasteiger partial charge in [-0.25, -0.2) is 13.1 Å². The summed E-state index contributed by atoms with van der Waals surface area (Å²) >= 11 is 0. The quantitative estimate of drug-likeness (QED) is 0.801. The first-order valence-corrected chi connectivity index (χ1v) is 10.8. The van der Waals surface area contributed by atoms with Gasteiger partial charge in [-0.1, -0.05) is 32.9 Å². The Morgan fingerprint density at radius 2 is 1.83 bits per heavy atom. The Balaban J connectivity index is 1.82. The van der Waals surface area contributed by atoms with Crippen LogP contribution in [0.4, 0.5) is 5.82 Å². The first-order chi connectivity index (χ1) is 13.3. The molecular weight excluding hydrogens is 390 g/mol. The Kier molecular flexibility index (Phi) is 5.06. The smallest absolute Gasteiger partial charge is 0.263 e. The molecule has 2 aromatic rings. The number of rotatable bonds is 3. The third-order valence-electron chi connectivity index (χ3n) is 4.42. The van der Waals surface area contributed by atoms with Crippen LogP contribution in [0.3, 0.4) is 0 Å². The van der Waals surface area contributed by atoms with Crippen molar-refractivity contribution in [2.45, 2.75) is 57.4 Å². The molecule has 0 saturated carbocycles. The van der Waals surface area contributed by atoms with E-state index in [-0.39, 0.29) is 34.1 Å². The van der Waals surface area contributed by atoms with Crippen molar-refractivity contribution in [1.29, 1.82) is 0 Å². The van der Waals surface area contributed by atoms with Gasteiger partial charge < -0.3 is 5.32 Å². The summed E-state index contributed by atoms with van der Waals surface area (Å²) in [6, 6.07) is 8.41. The van der Waals surface area contributed by atoms with Gasteiger partial charge in [0.1, 0.15) is 18.2 Å². The van der Waals surface area contributed by atoms with E-state index in [0.717, 1.165) is 5.69 Å². The van der Waals surface area contributed by atoms with Gasteiger partial charge in [0.15, 0.2) is 0 Å². The van der Waals surface area contributed by atoms with Crippen molar-refractivity contribution in [3.63, 3.8) is 0 Å². The number of nitrogens with zero attached hydrogens (tertiary/aromatic N) is 3. The van der Waals surface area contributed by atoms with E-state index in [9.17, 15) is 13.2 Å². The lowest BCUT2D eigenvalue weighted by molar-refractivity contribution is -0.114. The van der Waals surface area contributed by atoms with Crippen LogP contribution in [-0.4, -0.2) is 36.5 Å². The minimum Gasteiger partial charge on any atom is -0.309 e. The standard InChI is InChI=1S/C20H27N5O3S/c1-19(2,3)15-11-16(25(23-15)20(4,5)6)22-17(26)12-21-18-13-9-7-8-10-14(13)29(27,28)24-18/h7-11H,12H2,1-6H3,(H,21,24)(H,22,26). The molecule has 2 N–H and O–H groups in total. The van der Waals surface area contributed by atoms with Crippen molar-refractivity contribution in [3.8, 4) is 0 Å². The van der Waals surface area contributed by atoms with Crippen LogP contribution in [-0.2, 0) is 25.8 Å². The number of sulfonamides is 1. The second-order valence-corrected chi connectivity index (χ2v) is 10.7. The molecule has 0 atom stereocenters. The predicted octanol–water partition coefficient (Wildman–Crippen LogP) is 2.61. The molecule has 1 aromatic heterocycles. The zero-order chi connectivity index (χ0) is 21.6.